The summed E-state index contributed by atoms with van der Waals surface area (Å²) < 4.78 is 5.16. The molecule has 1 aliphatic heterocycles. The fourth-order valence-corrected chi connectivity index (χ4v) is 3.66. The lowest BCUT2D eigenvalue weighted by atomic mass is 9.90. The highest BCUT2D eigenvalue weighted by atomic mass is 35.5. The number of furan rings is 1. The van der Waals surface area contributed by atoms with Crippen LogP contribution in [0.2, 0.25) is 5.02 Å². The van der Waals surface area contributed by atoms with Crippen molar-refractivity contribution in [3.63, 3.8) is 0 Å². The van der Waals surface area contributed by atoms with Crippen LogP contribution < -0.4 is 4.90 Å². The standard InChI is InChI=1S/C23H18ClNO4/c24-17-8-11-21-20(13-17)23(28,14-18(26)9-10-19-7-4-12-29-19)22(27)25(21)15-16-5-2-1-3-6-16/h1-13,28H,14-15H2/b10-9+. The van der Waals surface area contributed by atoms with Crippen LogP contribution >= 0.6 is 11.6 Å². The largest absolute Gasteiger partial charge is 0.465 e. The summed E-state index contributed by atoms with van der Waals surface area (Å²) in [7, 11) is 0. The first-order chi connectivity index (χ1) is 14.0. The lowest BCUT2D eigenvalue weighted by Gasteiger charge is -2.22. The number of nitrogens with zero attached hydrogens (tertiary/aromatic N) is 1. The molecule has 1 amide bonds. The lowest BCUT2D eigenvalue weighted by molar-refractivity contribution is -0.140. The van der Waals surface area contributed by atoms with Crippen LogP contribution in [0.4, 0.5) is 5.69 Å². The molecule has 1 N–H and O–H groups in total. The third-order valence-electron chi connectivity index (χ3n) is 4.88. The van der Waals surface area contributed by atoms with Gasteiger partial charge in [-0.15, -0.1) is 0 Å². The molecular formula is C23H18ClNO4. The number of benzene rings is 2. The van der Waals surface area contributed by atoms with Gasteiger partial charge in [-0.1, -0.05) is 41.9 Å². The van der Waals surface area contributed by atoms with E-state index in [0.29, 0.717) is 22.0 Å². The molecule has 0 saturated carbocycles. The Morgan fingerprint density at radius 2 is 1.93 bits per heavy atom. The SMILES string of the molecule is O=C(/C=C/c1ccco1)CC1(O)C(=O)N(Cc2ccccc2)c2ccc(Cl)cc21. The van der Waals surface area contributed by atoms with Crippen molar-refractivity contribution >= 4 is 35.1 Å². The van der Waals surface area contributed by atoms with Crippen LogP contribution in [-0.2, 0) is 21.7 Å². The molecule has 1 aromatic heterocycles. The van der Waals surface area contributed by atoms with Crippen molar-refractivity contribution in [2.45, 2.75) is 18.6 Å². The highest BCUT2D eigenvalue weighted by Gasteiger charge is 2.50. The Bertz CT molecular complexity index is 1080. The first-order valence-electron chi connectivity index (χ1n) is 9.10. The van der Waals surface area contributed by atoms with Gasteiger partial charge in [0.05, 0.1) is 24.9 Å². The van der Waals surface area contributed by atoms with Gasteiger partial charge >= 0.3 is 0 Å². The second-order valence-electron chi connectivity index (χ2n) is 6.89. The normalized spacial score (nSPS) is 18.4. The predicted octanol–water partition coefficient (Wildman–Crippen LogP) is 4.34. The van der Waals surface area contributed by atoms with Crippen LogP contribution in [0.5, 0.6) is 0 Å². The van der Waals surface area contributed by atoms with Gasteiger partial charge in [0.2, 0.25) is 0 Å². The van der Waals surface area contributed by atoms with E-state index in [1.807, 2.05) is 30.3 Å². The fraction of sp³-hybridized carbons (Fsp3) is 0.130. The molecule has 3 aromatic rings. The summed E-state index contributed by atoms with van der Waals surface area (Å²) in [5.41, 5.74) is -0.172. The molecule has 2 heterocycles. The topological polar surface area (TPSA) is 70.7 Å². The number of anilines is 1. The first-order valence-corrected chi connectivity index (χ1v) is 9.48. The van der Waals surface area contributed by atoms with Gasteiger partial charge in [0, 0.05) is 10.6 Å². The summed E-state index contributed by atoms with van der Waals surface area (Å²) in [6.45, 7) is 0.285. The van der Waals surface area contributed by atoms with Crippen LogP contribution in [0.15, 0.2) is 77.4 Å². The summed E-state index contributed by atoms with van der Waals surface area (Å²) in [4.78, 5) is 27.2. The van der Waals surface area contributed by atoms with Crippen molar-refractivity contribution < 1.29 is 19.1 Å². The number of carbonyl (C=O) groups is 2. The zero-order valence-corrected chi connectivity index (χ0v) is 16.2. The maximum Gasteiger partial charge on any atom is 0.264 e. The fourth-order valence-electron chi connectivity index (χ4n) is 3.49. The molecule has 0 aliphatic carbocycles. The average Bonchev–Trinajstić information content (AvgIpc) is 3.30. The zero-order chi connectivity index (χ0) is 20.4. The van der Waals surface area contributed by atoms with E-state index in [4.69, 9.17) is 16.0 Å². The number of halogens is 1. The monoisotopic (exact) mass is 407 g/mol. The number of hydrogen-bond acceptors (Lipinski definition) is 4. The molecule has 29 heavy (non-hydrogen) atoms. The second-order valence-corrected chi connectivity index (χ2v) is 7.33. The number of allylic oxidation sites excluding steroid dienone is 1. The molecule has 146 valence electrons. The van der Waals surface area contributed by atoms with E-state index >= 15 is 0 Å². The predicted molar refractivity (Wildman–Crippen MR) is 110 cm³/mol. The summed E-state index contributed by atoms with van der Waals surface area (Å²) in [6, 6.07) is 17.8. The third-order valence-corrected chi connectivity index (χ3v) is 5.12. The number of hydrogen-bond donors (Lipinski definition) is 1. The Labute approximate surface area is 172 Å². The summed E-state index contributed by atoms with van der Waals surface area (Å²) in [6.07, 6.45) is 3.92. The summed E-state index contributed by atoms with van der Waals surface area (Å²) in [5.74, 6) is -0.430. The smallest absolute Gasteiger partial charge is 0.264 e. The molecule has 1 aliphatic rings. The van der Waals surface area contributed by atoms with Gasteiger partial charge in [0.1, 0.15) is 5.76 Å². The van der Waals surface area contributed by atoms with Crippen LogP contribution in [-0.4, -0.2) is 16.8 Å². The van der Waals surface area contributed by atoms with Crippen molar-refractivity contribution in [3.05, 3.63) is 94.9 Å². The van der Waals surface area contributed by atoms with E-state index in [1.54, 1.807) is 30.3 Å². The van der Waals surface area contributed by atoms with Crippen molar-refractivity contribution in [1.29, 1.82) is 0 Å². The van der Waals surface area contributed by atoms with Gasteiger partial charge in [-0.25, -0.2) is 0 Å². The van der Waals surface area contributed by atoms with Crippen molar-refractivity contribution in [2.24, 2.45) is 0 Å². The maximum absolute atomic E-state index is 13.2. The van der Waals surface area contributed by atoms with Crippen LogP contribution in [0.1, 0.15) is 23.3 Å². The highest BCUT2D eigenvalue weighted by molar-refractivity contribution is 6.31. The third kappa shape index (κ3) is 3.75. The number of amides is 1. The zero-order valence-electron chi connectivity index (χ0n) is 15.4. The van der Waals surface area contributed by atoms with Crippen LogP contribution in [0.25, 0.3) is 6.08 Å². The number of fused-ring (bicyclic) bond motifs is 1. The molecule has 4 rings (SSSR count). The Morgan fingerprint density at radius 1 is 1.14 bits per heavy atom. The van der Waals surface area contributed by atoms with Crippen molar-refractivity contribution in [1.82, 2.24) is 0 Å². The molecule has 1 unspecified atom stereocenters. The Morgan fingerprint density at radius 3 is 2.66 bits per heavy atom. The van der Waals surface area contributed by atoms with Crippen LogP contribution in [0.3, 0.4) is 0 Å². The Kier molecular flexibility index (Phi) is 5.09. The second kappa shape index (κ2) is 7.70. The Balaban J connectivity index is 1.64. The molecule has 6 heteroatoms. The van der Waals surface area contributed by atoms with E-state index in [9.17, 15) is 14.7 Å². The number of carbonyl (C=O) groups excluding carboxylic acids is 2. The lowest BCUT2D eigenvalue weighted by Crippen LogP contribution is -2.41. The molecule has 0 spiro atoms. The molecule has 2 aromatic carbocycles. The molecule has 5 nitrogen and oxygen atoms in total. The number of rotatable bonds is 6. The molecular weight excluding hydrogens is 390 g/mol. The van der Waals surface area contributed by atoms with Crippen molar-refractivity contribution in [3.8, 4) is 0 Å². The van der Waals surface area contributed by atoms with E-state index in [2.05, 4.69) is 0 Å². The number of aliphatic hydroxyl groups is 1. The molecule has 0 radical (unpaired) electrons. The molecule has 0 bridgehead atoms. The van der Waals surface area contributed by atoms with E-state index in [1.165, 1.54) is 23.3 Å². The van der Waals surface area contributed by atoms with E-state index in [0.717, 1.165) is 5.56 Å². The van der Waals surface area contributed by atoms with Gasteiger partial charge in [0.15, 0.2) is 11.4 Å². The quantitative estimate of drug-likeness (QED) is 0.617. The first kappa shape index (κ1) is 19.2. The number of ketones is 1. The van der Waals surface area contributed by atoms with Crippen molar-refractivity contribution in [2.75, 3.05) is 4.90 Å². The van der Waals surface area contributed by atoms with Gasteiger partial charge < -0.3 is 14.4 Å². The molecule has 1 atom stereocenters. The summed E-state index contributed by atoms with van der Waals surface area (Å²) in [5, 5.41) is 11.7. The van der Waals surface area contributed by atoms with Gasteiger partial charge in [0.25, 0.3) is 5.91 Å². The molecule has 0 fully saturated rings. The van der Waals surface area contributed by atoms with E-state index < -0.39 is 17.3 Å². The summed E-state index contributed by atoms with van der Waals surface area (Å²) >= 11 is 6.12. The minimum atomic E-state index is -1.97. The minimum absolute atomic E-state index is 0.285. The van der Waals surface area contributed by atoms with Gasteiger partial charge in [-0.05, 0) is 48.0 Å². The van der Waals surface area contributed by atoms with Crippen LogP contribution in [0, 0.1) is 0 Å². The minimum Gasteiger partial charge on any atom is -0.465 e. The van der Waals surface area contributed by atoms with Gasteiger partial charge in [-0.3, -0.25) is 9.59 Å². The Hall–Kier alpha value is -3.15. The maximum atomic E-state index is 13.2. The van der Waals surface area contributed by atoms with Gasteiger partial charge in [-0.2, -0.15) is 0 Å². The van der Waals surface area contributed by atoms with E-state index in [-0.39, 0.29) is 13.0 Å². The molecule has 0 saturated heterocycles. The average molecular weight is 408 g/mol. The highest BCUT2D eigenvalue weighted by Crippen LogP contribution is 2.44.